The molecule has 0 aliphatic carbocycles. The van der Waals surface area contributed by atoms with E-state index in [0.29, 0.717) is 12.0 Å². The van der Waals surface area contributed by atoms with Gasteiger partial charge < -0.3 is 5.32 Å². The van der Waals surface area contributed by atoms with E-state index < -0.39 is 9.84 Å². The van der Waals surface area contributed by atoms with Crippen molar-refractivity contribution in [2.24, 2.45) is 0 Å². The van der Waals surface area contributed by atoms with Crippen molar-refractivity contribution >= 4 is 15.7 Å². The van der Waals surface area contributed by atoms with Gasteiger partial charge in [-0.05, 0) is 31.9 Å². The van der Waals surface area contributed by atoms with E-state index in [2.05, 4.69) is 10.4 Å². The van der Waals surface area contributed by atoms with Gasteiger partial charge in [0.1, 0.15) is 0 Å². The van der Waals surface area contributed by atoms with Crippen LogP contribution in [0.25, 0.3) is 5.69 Å². The third-order valence-corrected chi connectivity index (χ3v) is 5.93. The number of carbonyl (C=O) groups excluding carboxylic acids is 1. The van der Waals surface area contributed by atoms with Crippen LogP contribution in [0.1, 0.15) is 28.0 Å². The Morgan fingerprint density at radius 3 is 2.70 bits per heavy atom. The van der Waals surface area contributed by atoms with Crippen molar-refractivity contribution in [1.82, 2.24) is 15.1 Å². The zero-order chi connectivity index (χ0) is 16.6. The Bertz CT molecular complexity index is 855. The molecule has 1 aromatic heterocycles. The minimum atomic E-state index is -3.01. The predicted octanol–water partition coefficient (Wildman–Crippen LogP) is 1.41. The van der Waals surface area contributed by atoms with E-state index in [1.54, 1.807) is 4.68 Å². The van der Waals surface area contributed by atoms with Gasteiger partial charge in [0, 0.05) is 6.04 Å². The van der Waals surface area contributed by atoms with E-state index >= 15 is 0 Å². The maximum Gasteiger partial charge on any atom is 0.255 e. The molecule has 0 radical (unpaired) electrons. The molecule has 122 valence electrons. The number of carbonyl (C=O) groups is 1. The van der Waals surface area contributed by atoms with Crippen LogP contribution in [0.4, 0.5) is 0 Å². The number of hydrogen-bond donors (Lipinski definition) is 1. The molecule has 1 fully saturated rings. The average Bonchev–Trinajstić information content (AvgIpc) is 3.02. The number of nitrogens with one attached hydrogen (secondary N) is 1. The lowest BCUT2D eigenvalue weighted by Crippen LogP contribution is -2.35. The molecule has 1 aliphatic heterocycles. The van der Waals surface area contributed by atoms with Crippen LogP contribution in [0.3, 0.4) is 0 Å². The number of nitrogens with zero attached hydrogens (tertiary/aromatic N) is 2. The molecular weight excluding hydrogens is 314 g/mol. The number of aryl methyl sites for hydroxylation is 1. The Kier molecular flexibility index (Phi) is 3.97. The maximum atomic E-state index is 12.4. The Morgan fingerprint density at radius 2 is 2.04 bits per heavy atom. The molecule has 2 aromatic rings. The second-order valence-corrected chi connectivity index (χ2v) is 8.14. The first-order chi connectivity index (χ1) is 10.9. The van der Waals surface area contributed by atoms with Crippen molar-refractivity contribution in [3.8, 4) is 5.69 Å². The second kappa shape index (κ2) is 5.81. The van der Waals surface area contributed by atoms with Gasteiger partial charge in [-0.3, -0.25) is 4.79 Å². The molecule has 0 saturated carbocycles. The highest BCUT2D eigenvalue weighted by Crippen LogP contribution is 2.18. The summed E-state index contributed by atoms with van der Waals surface area (Å²) in [5, 5.41) is 7.11. The lowest BCUT2D eigenvalue weighted by atomic mass is 10.2. The lowest BCUT2D eigenvalue weighted by molar-refractivity contribution is 0.0940. The van der Waals surface area contributed by atoms with Crippen LogP contribution in [0.15, 0.2) is 30.5 Å². The van der Waals surface area contributed by atoms with Gasteiger partial charge in [-0.25, -0.2) is 13.1 Å². The van der Waals surface area contributed by atoms with E-state index in [9.17, 15) is 13.2 Å². The van der Waals surface area contributed by atoms with Crippen LogP contribution in [0.5, 0.6) is 0 Å². The number of aromatic nitrogens is 2. The third-order valence-electron chi connectivity index (χ3n) is 4.17. The fourth-order valence-electron chi connectivity index (χ4n) is 2.85. The molecule has 0 bridgehead atoms. The molecule has 2 heterocycles. The number of rotatable bonds is 3. The van der Waals surface area contributed by atoms with E-state index in [-0.39, 0.29) is 23.5 Å². The van der Waals surface area contributed by atoms with Crippen molar-refractivity contribution in [2.45, 2.75) is 26.3 Å². The van der Waals surface area contributed by atoms with Gasteiger partial charge in [0.25, 0.3) is 5.91 Å². The molecule has 7 heteroatoms. The van der Waals surface area contributed by atoms with Gasteiger partial charge in [0.2, 0.25) is 0 Å². The molecule has 1 aliphatic rings. The number of sulfone groups is 1. The summed E-state index contributed by atoms with van der Waals surface area (Å²) in [6, 6.07) is 7.49. The van der Waals surface area contributed by atoms with Crippen molar-refractivity contribution in [3.05, 3.63) is 47.3 Å². The van der Waals surface area contributed by atoms with Crippen LogP contribution in [-0.4, -0.2) is 41.7 Å². The van der Waals surface area contributed by atoms with Crippen molar-refractivity contribution in [1.29, 1.82) is 0 Å². The van der Waals surface area contributed by atoms with Crippen molar-refractivity contribution in [2.75, 3.05) is 11.5 Å². The number of para-hydroxylation sites is 1. The Morgan fingerprint density at radius 1 is 1.30 bits per heavy atom. The predicted molar refractivity (Wildman–Crippen MR) is 87.6 cm³/mol. The summed E-state index contributed by atoms with van der Waals surface area (Å²) in [6.45, 7) is 3.82. The summed E-state index contributed by atoms with van der Waals surface area (Å²) in [5.41, 5.74) is 3.19. The summed E-state index contributed by atoms with van der Waals surface area (Å²) in [7, 11) is -3.01. The minimum absolute atomic E-state index is 0.0176. The summed E-state index contributed by atoms with van der Waals surface area (Å²) in [6.07, 6.45) is 2.00. The van der Waals surface area contributed by atoms with Gasteiger partial charge in [-0.15, -0.1) is 0 Å². The second-order valence-electron chi connectivity index (χ2n) is 5.92. The van der Waals surface area contributed by atoms with Crippen LogP contribution >= 0.6 is 0 Å². The van der Waals surface area contributed by atoms with Crippen LogP contribution in [-0.2, 0) is 9.84 Å². The Hall–Kier alpha value is -2.15. The molecule has 1 N–H and O–H groups in total. The van der Waals surface area contributed by atoms with Crippen LogP contribution in [0.2, 0.25) is 0 Å². The molecule has 3 rings (SSSR count). The highest BCUT2D eigenvalue weighted by Gasteiger charge is 2.29. The van der Waals surface area contributed by atoms with E-state index in [1.165, 1.54) is 6.20 Å². The molecule has 1 atom stereocenters. The fourth-order valence-corrected chi connectivity index (χ4v) is 4.52. The van der Waals surface area contributed by atoms with Crippen LogP contribution < -0.4 is 5.32 Å². The fraction of sp³-hybridized carbons (Fsp3) is 0.375. The summed E-state index contributed by atoms with van der Waals surface area (Å²) in [5.74, 6) is -0.118. The number of amides is 1. The minimum Gasteiger partial charge on any atom is -0.348 e. The Labute approximate surface area is 135 Å². The van der Waals surface area contributed by atoms with E-state index in [0.717, 1.165) is 16.9 Å². The summed E-state index contributed by atoms with van der Waals surface area (Å²) < 4.78 is 24.7. The Balaban J connectivity index is 1.82. The molecule has 1 aromatic carbocycles. The molecule has 0 unspecified atom stereocenters. The van der Waals surface area contributed by atoms with Gasteiger partial charge in [0.05, 0.1) is 34.6 Å². The summed E-state index contributed by atoms with van der Waals surface area (Å²) >= 11 is 0. The number of benzene rings is 1. The standard InChI is InChI=1S/C16H19N3O3S/c1-11-5-3-4-6-15(11)19-12(2)14(9-17-19)16(20)18-13-7-8-23(21,22)10-13/h3-6,9,13H,7-8,10H2,1-2H3,(H,18,20)/t13-/m0/s1. The molecule has 1 amide bonds. The highest BCUT2D eigenvalue weighted by molar-refractivity contribution is 7.91. The summed E-state index contributed by atoms with van der Waals surface area (Å²) in [4.78, 5) is 12.4. The highest BCUT2D eigenvalue weighted by atomic mass is 32.2. The van der Waals surface area contributed by atoms with Crippen LogP contribution in [0, 0.1) is 13.8 Å². The zero-order valence-corrected chi connectivity index (χ0v) is 13.9. The van der Waals surface area contributed by atoms with Gasteiger partial charge in [-0.2, -0.15) is 5.10 Å². The van der Waals surface area contributed by atoms with Crippen molar-refractivity contribution in [3.63, 3.8) is 0 Å². The zero-order valence-electron chi connectivity index (χ0n) is 13.1. The molecule has 0 spiro atoms. The van der Waals surface area contributed by atoms with Gasteiger partial charge in [-0.1, -0.05) is 18.2 Å². The molecule has 6 nitrogen and oxygen atoms in total. The first-order valence-corrected chi connectivity index (χ1v) is 9.31. The van der Waals surface area contributed by atoms with E-state index in [1.807, 2.05) is 38.1 Å². The monoisotopic (exact) mass is 333 g/mol. The van der Waals surface area contributed by atoms with Gasteiger partial charge in [0.15, 0.2) is 9.84 Å². The van der Waals surface area contributed by atoms with Crippen molar-refractivity contribution < 1.29 is 13.2 Å². The quantitative estimate of drug-likeness (QED) is 0.921. The topological polar surface area (TPSA) is 81.1 Å². The maximum absolute atomic E-state index is 12.4. The average molecular weight is 333 g/mol. The SMILES string of the molecule is Cc1ccccc1-n1ncc(C(=O)N[C@H]2CCS(=O)(=O)C2)c1C. The first kappa shape index (κ1) is 15.7. The lowest BCUT2D eigenvalue weighted by Gasteiger charge is -2.11. The third kappa shape index (κ3) is 3.14. The molecule has 23 heavy (non-hydrogen) atoms. The normalized spacial score (nSPS) is 19.7. The molecular formula is C16H19N3O3S. The largest absolute Gasteiger partial charge is 0.348 e. The number of hydrogen-bond acceptors (Lipinski definition) is 4. The molecule has 1 saturated heterocycles. The van der Waals surface area contributed by atoms with Gasteiger partial charge >= 0.3 is 0 Å². The van der Waals surface area contributed by atoms with E-state index in [4.69, 9.17) is 0 Å². The smallest absolute Gasteiger partial charge is 0.255 e. The first-order valence-electron chi connectivity index (χ1n) is 7.49.